The van der Waals surface area contributed by atoms with Gasteiger partial charge in [-0.05, 0) is 5.92 Å². The molecule has 1 N–H and O–H groups in total. The summed E-state index contributed by atoms with van der Waals surface area (Å²) in [6, 6.07) is 0. The zero-order chi connectivity index (χ0) is 20.8. The molecule has 1 aliphatic heterocycles. The number of benzene rings is 1. The zero-order valence-corrected chi connectivity index (χ0v) is 14.4. The summed E-state index contributed by atoms with van der Waals surface area (Å²) < 4.78 is 83.0. The van der Waals surface area contributed by atoms with E-state index >= 15 is 0 Å². The first kappa shape index (κ1) is 20.0. The van der Waals surface area contributed by atoms with Crippen LogP contribution >= 0.6 is 0 Å². The standard InChI is InChI=1S/C16H14F6N4O2/c1-7(2-5-27)9-10(17)13(11(18)12(19)14(9)28)25-3-4-26-8(6-25)23-24-15(26)16(20,21)22/h5,7,28H,2-4,6H2,1H3. The van der Waals surface area contributed by atoms with E-state index in [1.807, 2.05) is 0 Å². The molecule has 6 nitrogen and oxygen atoms in total. The van der Waals surface area contributed by atoms with Gasteiger partial charge in [0.05, 0.1) is 6.54 Å². The van der Waals surface area contributed by atoms with Gasteiger partial charge in [-0.15, -0.1) is 10.2 Å². The van der Waals surface area contributed by atoms with Crippen LogP contribution in [-0.4, -0.2) is 32.7 Å². The van der Waals surface area contributed by atoms with Crippen molar-refractivity contribution < 1.29 is 36.2 Å². The maximum atomic E-state index is 15.0. The molecule has 0 aliphatic carbocycles. The maximum Gasteiger partial charge on any atom is 0.451 e. The highest BCUT2D eigenvalue weighted by molar-refractivity contribution is 5.60. The minimum absolute atomic E-state index is 0.201. The second-order valence-corrected chi connectivity index (χ2v) is 6.37. The van der Waals surface area contributed by atoms with E-state index in [1.54, 1.807) is 0 Å². The Morgan fingerprint density at radius 1 is 1.14 bits per heavy atom. The Hall–Kier alpha value is -2.79. The van der Waals surface area contributed by atoms with Crippen molar-refractivity contribution in [3.63, 3.8) is 0 Å². The zero-order valence-electron chi connectivity index (χ0n) is 14.4. The number of aromatic nitrogens is 3. The number of anilines is 1. The quantitative estimate of drug-likeness (QED) is 0.478. The monoisotopic (exact) mass is 408 g/mol. The van der Waals surface area contributed by atoms with E-state index in [0.717, 1.165) is 9.47 Å². The number of halogens is 6. The molecule has 3 rings (SSSR count). The summed E-state index contributed by atoms with van der Waals surface area (Å²) in [6.07, 6.45) is -4.56. The summed E-state index contributed by atoms with van der Waals surface area (Å²) in [5, 5.41) is 16.3. The molecule has 1 aromatic heterocycles. The Labute approximate surface area is 154 Å². The first-order chi connectivity index (χ1) is 13.1. The number of phenolic OH excluding ortho intramolecular Hbond substituents is 1. The van der Waals surface area contributed by atoms with Crippen LogP contribution in [0.15, 0.2) is 0 Å². The van der Waals surface area contributed by atoms with Gasteiger partial charge < -0.3 is 19.4 Å². The SMILES string of the molecule is CC(CC=O)c1c(O)c(F)c(F)c(N2CCn3c(nnc3C(F)(F)F)C2)c1F. The van der Waals surface area contributed by atoms with Crippen LogP contribution < -0.4 is 4.90 Å². The molecule has 2 aromatic rings. The predicted molar refractivity (Wildman–Crippen MR) is 83.2 cm³/mol. The number of alkyl halides is 3. The molecule has 0 spiro atoms. The number of rotatable bonds is 4. The Morgan fingerprint density at radius 3 is 2.43 bits per heavy atom. The van der Waals surface area contributed by atoms with E-state index < -0.39 is 58.9 Å². The fourth-order valence-corrected chi connectivity index (χ4v) is 3.20. The molecule has 0 saturated heterocycles. The highest BCUT2D eigenvalue weighted by Crippen LogP contribution is 2.41. The molecular formula is C16H14F6N4O2. The van der Waals surface area contributed by atoms with Crippen LogP contribution in [0, 0.1) is 17.5 Å². The van der Waals surface area contributed by atoms with Crippen molar-refractivity contribution in [1.29, 1.82) is 0 Å². The van der Waals surface area contributed by atoms with E-state index in [1.165, 1.54) is 6.92 Å². The lowest BCUT2D eigenvalue weighted by Gasteiger charge is -2.31. The van der Waals surface area contributed by atoms with Crippen molar-refractivity contribution in [1.82, 2.24) is 14.8 Å². The summed E-state index contributed by atoms with van der Waals surface area (Å²) in [4.78, 5) is 11.7. The van der Waals surface area contributed by atoms with Crippen molar-refractivity contribution >= 4 is 12.0 Å². The smallest absolute Gasteiger partial charge is 0.451 e. The Morgan fingerprint density at radius 2 is 1.82 bits per heavy atom. The van der Waals surface area contributed by atoms with Crippen molar-refractivity contribution in [2.75, 3.05) is 11.4 Å². The second kappa shape index (κ2) is 6.99. The summed E-state index contributed by atoms with van der Waals surface area (Å²) in [5.41, 5.74) is -1.42. The third kappa shape index (κ3) is 3.16. The molecule has 28 heavy (non-hydrogen) atoms. The summed E-state index contributed by atoms with van der Waals surface area (Å²) in [5.74, 6) is -8.29. The molecule has 2 heterocycles. The van der Waals surface area contributed by atoms with Gasteiger partial charge in [0.2, 0.25) is 11.6 Å². The van der Waals surface area contributed by atoms with E-state index in [9.17, 15) is 36.2 Å². The van der Waals surface area contributed by atoms with Crippen LogP contribution in [0.4, 0.5) is 32.0 Å². The number of hydrogen-bond acceptors (Lipinski definition) is 5. The molecule has 0 radical (unpaired) electrons. The maximum absolute atomic E-state index is 15.0. The molecule has 0 bridgehead atoms. The number of aldehydes is 1. The topological polar surface area (TPSA) is 71.2 Å². The molecule has 1 aromatic carbocycles. The summed E-state index contributed by atoms with van der Waals surface area (Å²) in [7, 11) is 0. The second-order valence-electron chi connectivity index (χ2n) is 6.37. The first-order valence-electron chi connectivity index (χ1n) is 8.15. The molecule has 1 aliphatic rings. The van der Waals surface area contributed by atoms with Crippen molar-refractivity contribution in [2.45, 2.75) is 38.5 Å². The van der Waals surface area contributed by atoms with Crippen molar-refractivity contribution in [2.24, 2.45) is 0 Å². The summed E-state index contributed by atoms with van der Waals surface area (Å²) in [6.45, 7) is 0.268. The molecule has 12 heteroatoms. The van der Waals surface area contributed by atoms with E-state index in [-0.39, 0.29) is 25.3 Å². The third-order valence-corrected chi connectivity index (χ3v) is 4.57. The normalized spacial score (nSPS) is 15.5. The average Bonchev–Trinajstić information content (AvgIpc) is 3.04. The predicted octanol–water partition coefficient (Wildman–Crippen LogP) is 3.13. The fraction of sp³-hybridized carbons (Fsp3) is 0.438. The minimum atomic E-state index is -4.74. The van der Waals surface area contributed by atoms with Gasteiger partial charge in [-0.3, -0.25) is 0 Å². The Bertz CT molecular complexity index is 927. The molecule has 1 unspecified atom stereocenters. The Balaban J connectivity index is 2.05. The third-order valence-electron chi connectivity index (χ3n) is 4.57. The van der Waals surface area contributed by atoms with E-state index in [2.05, 4.69) is 10.2 Å². The number of aromatic hydroxyl groups is 1. The molecule has 1 atom stereocenters. The van der Waals surface area contributed by atoms with Gasteiger partial charge in [-0.2, -0.15) is 17.6 Å². The van der Waals surface area contributed by atoms with Crippen LogP contribution in [-0.2, 0) is 24.1 Å². The van der Waals surface area contributed by atoms with E-state index in [4.69, 9.17) is 0 Å². The van der Waals surface area contributed by atoms with Crippen molar-refractivity contribution in [3.8, 4) is 5.75 Å². The van der Waals surface area contributed by atoms with Crippen molar-refractivity contribution in [3.05, 3.63) is 34.7 Å². The number of phenols is 1. The van der Waals surface area contributed by atoms with Gasteiger partial charge in [-0.1, -0.05) is 6.92 Å². The van der Waals surface area contributed by atoms with Gasteiger partial charge in [0, 0.05) is 25.1 Å². The van der Waals surface area contributed by atoms with Crippen LogP contribution in [0.1, 0.15) is 36.5 Å². The van der Waals surface area contributed by atoms with Gasteiger partial charge >= 0.3 is 6.18 Å². The lowest BCUT2D eigenvalue weighted by molar-refractivity contribution is -0.147. The van der Waals surface area contributed by atoms with Gasteiger partial charge in [0.1, 0.15) is 12.0 Å². The van der Waals surface area contributed by atoms with Crippen LogP contribution in [0.5, 0.6) is 5.75 Å². The molecule has 152 valence electrons. The van der Waals surface area contributed by atoms with Gasteiger partial charge in [0.25, 0.3) is 0 Å². The average molecular weight is 408 g/mol. The number of nitrogens with zero attached hydrogens (tertiary/aromatic N) is 4. The minimum Gasteiger partial charge on any atom is -0.504 e. The lowest BCUT2D eigenvalue weighted by atomic mass is 9.95. The largest absolute Gasteiger partial charge is 0.504 e. The van der Waals surface area contributed by atoms with Crippen LogP contribution in [0.2, 0.25) is 0 Å². The van der Waals surface area contributed by atoms with E-state index in [0.29, 0.717) is 6.29 Å². The van der Waals surface area contributed by atoms with Crippen LogP contribution in [0.25, 0.3) is 0 Å². The number of hydrogen-bond donors (Lipinski definition) is 1. The molecule has 0 saturated carbocycles. The number of fused-ring (bicyclic) bond motifs is 1. The highest BCUT2D eigenvalue weighted by atomic mass is 19.4. The fourth-order valence-electron chi connectivity index (χ4n) is 3.20. The van der Waals surface area contributed by atoms with Crippen LogP contribution in [0.3, 0.4) is 0 Å². The van der Waals surface area contributed by atoms with Gasteiger partial charge in [-0.25, -0.2) is 8.78 Å². The molecule has 0 fully saturated rings. The molecule has 0 amide bonds. The molecular weight excluding hydrogens is 394 g/mol. The highest BCUT2D eigenvalue weighted by Gasteiger charge is 2.40. The van der Waals surface area contributed by atoms with Gasteiger partial charge in [0.15, 0.2) is 23.2 Å². The number of carbonyl (C=O) groups is 1. The number of carbonyl (C=O) groups excluding carboxylic acids is 1. The Kier molecular flexibility index (Phi) is 4.98. The first-order valence-corrected chi connectivity index (χ1v) is 8.15. The lowest BCUT2D eigenvalue weighted by Crippen LogP contribution is -2.36. The summed E-state index contributed by atoms with van der Waals surface area (Å²) >= 11 is 0.